The summed E-state index contributed by atoms with van der Waals surface area (Å²) in [5.74, 6) is -0.369. The minimum absolute atomic E-state index is 0.0682. The number of halogens is 1. The molecule has 0 bridgehead atoms. The van der Waals surface area contributed by atoms with Crippen molar-refractivity contribution in [3.8, 4) is 0 Å². The third kappa shape index (κ3) is 6.90. The fourth-order valence-corrected chi connectivity index (χ4v) is 5.83. The number of nitrogens with zero attached hydrogens (tertiary/aromatic N) is 1. The summed E-state index contributed by atoms with van der Waals surface area (Å²) in [7, 11) is -3.81. The number of amides is 1. The molecule has 1 aromatic carbocycles. The molecule has 2 aliphatic rings. The van der Waals surface area contributed by atoms with Gasteiger partial charge in [-0.3, -0.25) is 9.59 Å². The monoisotopic (exact) mass is 472 g/mol. The van der Waals surface area contributed by atoms with Crippen molar-refractivity contribution in [2.75, 3.05) is 38.2 Å². The van der Waals surface area contributed by atoms with Crippen molar-refractivity contribution in [1.82, 2.24) is 4.31 Å². The largest absolute Gasteiger partial charge is 0.456 e. The number of nitrogens with one attached hydrogen (secondary N) is 1. The van der Waals surface area contributed by atoms with E-state index in [-0.39, 0.29) is 28.7 Å². The summed E-state index contributed by atoms with van der Waals surface area (Å²) in [6.45, 7) is 0.703. The number of hydrogen-bond acceptors (Lipinski definition) is 6. The SMILES string of the molecule is O=C(COC(=O)CCC1CCCCC1)Nc1ccc(Cl)c(S(=O)(=O)N2CCOCC2)c1. The van der Waals surface area contributed by atoms with Crippen molar-refractivity contribution >= 4 is 39.2 Å². The lowest BCUT2D eigenvalue weighted by molar-refractivity contribution is -0.147. The molecule has 10 heteroatoms. The smallest absolute Gasteiger partial charge is 0.306 e. The molecule has 0 unspecified atom stereocenters. The normalized spacial score (nSPS) is 18.5. The van der Waals surface area contributed by atoms with Crippen LogP contribution < -0.4 is 5.32 Å². The molecule has 0 aromatic heterocycles. The number of esters is 1. The lowest BCUT2D eigenvalue weighted by Crippen LogP contribution is -2.40. The maximum absolute atomic E-state index is 12.9. The summed E-state index contributed by atoms with van der Waals surface area (Å²) in [6.07, 6.45) is 7.10. The topological polar surface area (TPSA) is 102 Å². The fourth-order valence-electron chi connectivity index (χ4n) is 3.92. The summed E-state index contributed by atoms with van der Waals surface area (Å²) in [6, 6.07) is 4.24. The highest BCUT2D eigenvalue weighted by molar-refractivity contribution is 7.89. The van der Waals surface area contributed by atoms with Crippen LogP contribution in [0, 0.1) is 5.92 Å². The highest BCUT2D eigenvalue weighted by Crippen LogP contribution is 2.29. The number of morpholine rings is 1. The first-order valence-electron chi connectivity index (χ1n) is 10.7. The zero-order valence-corrected chi connectivity index (χ0v) is 19.1. The number of carbonyl (C=O) groups is 2. The summed E-state index contributed by atoms with van der Waals surface area (Å²) in [5.41, 5.74) is 0.263. The molecule has 1 saturated carbocycles. The van der Waals surface area contributed by atoms with Crippen molar-refractivity contribution in [2.45, 2.75) is 49.8 Å². The fraction of sp³-hybridized carbons (Fsp3) is 0.619. The lowest BCUT2D eigenvalue weighted by atomic mass is 9.86. The Bertz CT molecular complexity index is 880. The van der Waals surface area contributed by atoms with E-state index in [0.717, 1.165) is 19.3 Å². The molecular formula is C21H29ClN2O6S. The Balaban J connectivity index is 1.51. The molecule has 1 saturated heterocycles. The third-order valence-electron chi connectivity index (χ3n) is 5.65. The number of sulfonamides is 1. The molecule has 1 aromatic rings. The van der Waals surface area contributed by atoms with Crippen LogP contribution in [0.25, 0.3) is 0 Å². The first-order valence-corrected chi connectivity index (χ1v) is 12.5. The van der Waals surface area contributed by atoms with E-state index in [4.69, 9.17) is 21.1 Å². The zero-order valence-electron chi connectivity index (χ0n) is 17.5. The molecule has 31 heavy (non-hydrogen) atoms. The van der Waals surface area contributed by atoms with Gasteiger partial charge < -0.3 is 14.8 Å². The Morgan fingerprint density at radius 2 is 1.87 bits per heavy atom. The Morgan fingerprint density at radius 3 is 2.58 bits per heavy atom. The number of benzene rings is 1. The molecule has 1 aliphatic carbocycles. The molecule has 3 rings (SSSR count). The van der Waals surface area contributed by atoms with Crippen LogP contribution >= 0.6 is 11.6 Å². The van der Waals surface area contributed by atoms with Gasteiger partial charge in [-0.1, -0.05) is 43.7 Å². The summed E-state index contributed by atoms with van der Waals surface area (Å²) < 4.78 is 37.3. The number of carbonyl (C=O) groups excluding carboxylic acids is 2. The minimum atomic E-state index is -3.81. The number of hydrogen-bond donors (Lipinski definition) is 1. The molecule has 1 heterocycles. The number of rotatable bonds is 8. The van der Waals surface area contributed by atoms with Gasteiger partial charge in [0.25, 0.3) is 5.91 Å². The standard InChI is InChI=1S/C21H29ClN2O6S/c22-18-8-7-17(14-19(18)31(27,28)24-10-12-29-13-11-24)23-20(25)15-30-21(26)9-6-16-4-2-1-3-5-16/h7-8,14,16H,1-6,9-13,15H2,(H,23,25). The van der Waals surface area contributed by atoms with Gasteiger partial charge in [0.05, 0.1) is 18.2 Å². The van der Waals surface area contributed by atoms with E-state index in [2.05, 4.69) is 5.32 Å². The predicted octanol–water partition coefficient (Wildman–Crippen LogP) is 3.20. The van der Waals surface area contributed by atoms with E-state index < -0.39 is 28.5 Å². The molecule has 8 nitrogen and oxygen atoms in total. The first kappa shape index (κ1) is 24.0. The van der Waals surface area contributed by atoms with Crippen LogP contribution in [-0.2, 0) is 29.1 Å². The van der Waals surface area contributed by atoms with Gasteiger partial charge in [-0.05, 0) is 30.5 Å². The van der Waals surface area contributed by atoms with Crippen LogP contribution in [0.15, 0.2) is 23.1 Å². The number of anilines is 1. The molecule has 0 radical (unpaired) electrons. The van der Waals surface area contributed by atoms with E-state index in [9.17, 15) is 18.0 Å². The van der Waals surface area contributed by atoms with Gasteiger partial charge >= 0.3 is 5.97 Å². The quantitative estimate of drug-likeness (QED) is 0.583. The maximum Gasteiger partial charge on any atom is 0.306 e. The molecule has 0 spiro atoms. The van der Waals surface area contributed by atoms with Gasteiger partial charge in [-0.25, -0.2) is 8.42 Å². The summed E-state index contributed by atoms with van der Waals surface area (Å²) in [4.78, 5) is 24.0. The molecule has 1 aliphatic heterocycles. The van der Waals surface area contributed by atoms with E-state index in [1.165, 1.54) is 41.8 Å². The zero-order chi connectivity index (χ0) is 22.3. The van der Waals surface area contributed by atoms with Crippen LogP contribution in [0.2, 0.25) is 5.02 Å². The average molecular weight is 473 g/mol. The third-order valence-corrected chi connectivity index (χ3v) is 8.03. The molecule has 1 N–H and O–H groups in total. The van der Waals surface area contributed by atoms with E-state index in [0.29, 0.717) is 25.6 Å². The van der Waals surface area contributed by atoms with Crippen LogP contribution in [-0.4, -0.2) is 57.5 Å². The minimum Gasteiger partial charge on any atom is -0.456 e. The second-order valence-electron chi connectivity index (χ2n) is 7.91. The molecule has 1 amide bonds. The molecular weight excluding hydrogens is 444 g/mol. The van der Waals surface area contributed by atoms with Gasteiger partial charge in [0.2, 0.25) is 10.0 Å². The van der Waals surface area contributed by atoms with Gasteiger partial charge in [-0.15, -0.1) is 0 Å². The second-order valence-corrected chi connectivity index (χ2v) is 10.2. The Kier molecular flexibility index (Phi) is 8.71. The van der Waals surface area contributed by atoms with E-state index in [1.807, 2.05) is 0 Å². The van der Waals surface area contributed by atoms with E-state index >= 15 is 0 Å². The molecule has 172 valence electrons. The predicted molar refractivity (Wildman–Crippen MR) is 116 cm³/mol. The van der Waals surface area contributed by atoms with Crippen LogP contribution in [0.3, 0.4) is 0 Å². The van der Waals surface area contributed by atoms with Crippen molar-refractivity contribution in [2.24, 2.45) is 5.92 Å². The van der Waals surface area contributed by atoms with Crippen LogP contribution in [0.5, 0.6) is 0 Å². The number of ether oxygens (including phenoxy) is 2. The van der Waals surface area contributed by atoms with Gasteiger partial charge in [-0.2, -0.15) is 4.31 Å². The van der Waals surface area contributed by atoms with Crippen molar-refractivity contribution in [3.63, 3.8) is 0 Å². The highest BCUT2D eigenvalue weighted by Gasteiger charge is 2.28. The Labute approximate surface area is 188 Å². The van der Waals surface area contributed by atoms with Crippen molar-refractivity contribution in [3.05, 3.63) is 23.2 Å². The Morgan fingerprint density at radius 1 is 1.16 bits per heavy atom. The summed E-state index contributed by atoms with van der Waals surface area (Å²) >= 11 is 6.12. The first-order chi connectivity index (χ1) is 14.9. The summed E-state index contributed by atoms with van der Waals surface area (Å²) in [5, 5.41) is 2.63. The average Bonchev–Trinajstić information content (AvgIpc) is 2.78. The second kappa shape index (κ2) is 11.3. The van der Waals surface area contributed by atoms with Gasteiger partial charge in [0, 0.05) is 25.2 Å². The van der Waals surface area contributed by atoms with Crippen LogP contribution in [0.1, 0.15) is 44.9 Å². The van der Waals surface area contributed by atoms with E-state index in [1.54, 1.807) is 0 Å². The van der Waals surface area contributed by atoms with Crippen molar-refractivity contribution in [1.29, 1.82) is 0 Å². The molecule has 0 atom stereocenters. The molecule has 2 fully saturated rings. The van der Waals surface area contributed by atoms with Crippen LogP contribution in [0.4, 0.5) is 5.69 Å². The van der Waals surface area contributed by atoms with Crippen molar-refractivity contribution < 1.29 is 27.5 Å². The van der Waals surface area contributed by atoms with Gasteiger partial charge in [0.1, 0.15) is 4.90 Å². The highest BCUT2D eigenvalue weighted by atomic mass is 35.5. The lowest BCUT2D eigenvalue weighted by Gasteiger charge is -2.26. The Hall–Kier alpha value is -1.68. The van der Waals surface area contributed by atoms with Gasteiger partial charge in [0.15, 0.2) is 6.61 Å². The maximum atomic E-state index is 12.9.